The summed E-state index contributed by atoms with van der Waals surface area (Å²) in [5.41, 5.74) is 1.33. The van der Waals surface area contributed by atoms with Crippen LogP contribution in [0.1, 0.15) is 50.7 Å². The van der Waals surface area contributed by atoms with Gasteiger partial charge < -0.3 is 14.4 Å². The maximum absolute atomic E-state index is 12.3. The number of hydrogen-bond donors (Lipinski definition) is 0. The minimum absolute atomic E-state index is 0.207. The molecule has 6 nitrogen and oxygen atoms in total. The zero-order valence-electron chi connectivity index (χ0n) is 16.7. The zero-order valence-corrected chi connectivity index (χ0v) is 16.7. The molecule has 2 saturated heterocycles. The van der Waals surface area contributed by atoms with Crippen molar-refractivity contribution in [1.82, 2.24) is 9.80 Å². The molecule has 0 unspecified atom stereocenters. The SMILES string of the molecule is COc1cc([C@H]2CC[C@H]3CN(C(=O)OC(C)(C)C)CCN3C2)ccc1C#N. The molecule has 27 heavy (non-hydrogen) atoms. The summed E-state index contributed by atoms with van der Waals surface area (Å²) < 4.78 is 10.9. The van der Waals surface area contributed by atoms with Gasteiger partial charge in [-0.05, 0) is 57.2 Å². The zero-order chi connectivity index (χ0) is 19.6. The first-order chi connectivity index (χ1) is 12.8. The van der Waals surface area contributed by atoms with E-state index in [2.05, 4.69) is 11.0 Å². The van der Waals surface area contributed by atoms with Gasteiger partial charge in [0, 0.05) is 32.2 Å². The van der Waals surface area contributed by atoms with Crippen molar-refractivity contribution in [2.45, 2.75) is 51.2 Å². The molecule has 0 bridgehead atoms. The van der Waals surface area contributed by atoms with E-state index < -0.39 is 5.60 Å². The van der Waals surface area contributed by atoms with Crippen molar-refractivity contribution in [2.24, 2.45) is 0 Å². The van der Waals surface area contributed by atoms with Crippen LogP contribution in [0.25, 0.3) is 0 Å². The van der Waals surface area contributed by atoms with E-state index in [9.17, 15) is 4.79 Å². The average molecular weight is 371 g/mol. The highest BCUT2D eigenvalue weighted by Crippen LogP contribution is 2.34. The van der Waals surface area contributed by atoms with Crippen LogP contribution in [-0.4, -0.2) is 60.8 Å². The molecule has 6 heteroatoms. The van der Waals surface area contributed by atoms with E-state index in [0.717, 1.165) is 32.5 Å². The van der Waals surface area contributed by atoms with Crippen molar-refractivity contribution in [3.63, 3.8) is 0 Å². The molecule has 2 aliphatic rings. The third-order valence-electron chi connectivity index (χ3n) is 5.38. The first-order valence-corrected chi connectivity index (χ1v) is 9.60. The molecule has 0 spiro atoms. The Morgan fingerprint density at radius 2 is 2.00 bits per heavy atom. The number of amides is 1. The van der Waals surface area contributed by atoms with Gasteiger partial charge in [-0.3, -0.25) is 4.90 Å². The Bertz CT molecular complexity index is 735. The number of ether oxygens (including phenoxy) is 2. The fourth-order valence-corrected chi connectivity index (χ4v) is 3.99. The van der Waals surface area contributed by atoms with Crippen molar-refractivity contribution < 1.29 is 14.3 Å². The van der Waals surface area contributed by atoms with Crippen molar-refractivity contribution >= 4 is 6.09 Å². The van der Waals surface area contributed by atoms with Gasteiger partial charge in [0.25, 0.3) is 0 Å². The van der Waals surface area contributed by atoms with Gasteiger partial charge in [0.2, 0.25) is 0 Å². The Balaban J connectivity index is 1.63. The van der Waals surface area contributed by atoms with Gasteiger partial charge >= 0.3 is 6.09 Å². The van der Waals surface area contributed by atoms with Crippen LogP contribution >= 0.6 is 0 Å². The Hall–Kier alpha value is -2.26. The van der Waals surface area contributed by atoms with Gasteiger partial charge in [0.05, 0.1) is 12.7 Å². The smallest absolute Gasteiger partial charge is 0.410 e. The van der Waals surface area contributed by atoms with E-state index in [-0.39, 0.29) is 6.09 Å². The topological polar surface area (TPSA) is 65.8 Å². The first-order valence-electron chi connectivity index (χ1n) is 9.60. The van der Waals surface area contributed by atoms with Crippen LogP contribution in [-0.2, 0) is 4.74 Å². The number of carbonyl (C=O) groups is 1. The predicted molar refractivity (Wildman–Crippen MR) is 103 cm³/mol. The summed E-state index contributed by atoms with van der Waals surface area (Å²) >= 11 is 0. The van der Waals surface area contributed by atoms with Crippen molar-refractivity contribution in [1.29, 1.82) is 5.26 Å². The highest BCUT2D eigenvalue weighted by atomic mass is 16.6. The fourth-order valence-electron chi connectivity index (χ4n) is 3.99. The molecule has 2 heterocycles. The van der Waals surface area contributed by atoms with Crippen molar-refractivity contribution in [3.8, 4) is 11.8 Å². The molecular weight excluding hydrogens is 342 g/mol. The predicted octanol–water partition coefficient (Wildman–Crippen LogP) is 3.37. The van der Waals surface area contributed by atoms with E-state index in [1.54, 1.807) is 7.11 Å². The number of fused-ring (bicyclic) bond motifs is 1. The van der Waals surface area contributed by atoms with Gasteiger partial charge in [-0.1, -0.05) is 6.07 Å². The Kier molecular flexibility index (Phi) is 5.61. The molecule has 146 valence electrons. The van der Waals surface area contributed by atoms with E-state index in [1.807, 2.05) is 43.9 Å². The molecular formula is C21H29N3O3. The second-order valence-corrected chi connectivity index (χ2v) is 8.42. The van der Waals surface area contributed by atoms with Gasteiger partial charge in [-0.2, -0.15) is 5.26 Å². The van der Waals surface area contributed by atoms with Crippen LogP contribution in [0.3, 0.4) is 0 Å². The summed E-state index contributed by atoms with van der Waals surface area (Å²) in [6.07, 6.45) is 1.91. The van der Waals surface area contributed by atoms with Crippen LogP contribution < -0.4 is 4.74 Å². The molecule has 0 radical (unpaired) electrons. The molecule has 0 saturated carbocycles. The molecule has 3 rings (SSSR count). The van der Waals surface area contributed by atoms with E-state index in [4.69, 9.17) is 14.7 Å². The minimum atomic E-state index is -0.458. The van der Waals surface area contributed by atoms with Gasteiger partial charge in [-0.25, -0.2) is 4.79 Å². The lowest BCUT2D eigenvalue weighted by Crippen LogP contribution is -2.57. The number of piperidine rings is 1. The summed E-state index contributed by atoms with van der Waals surface area (Å²) in [6.45, 7) is 8.98. The minimum Gasteiger partial charge on any atom is -0.495 e. The quantitative estimate of drug-likeness (QED) is 0.797. The number of piperazine rings is 1. The average Bonchev–Trinajstić information content (AvgIpc) is 2.65. The van der Waals surface area contributed by atoms with Crippen molar-refractivity contribution in [3.05, 3.63) is 29.3 Å². The summed E-state index contributed by atoms with van der Waals surface area (Å²) in [6, 6.07) is 8.45. The highest BCUT2D eigenvalue weighted by molar-refractivity contribution is 5.68. The molecule has 1 amide bonds. The Labute approximate surface area is 161 Å². The lowest BCUT2D eigenvalue weighted by Gasteiger charge is -2.46. The fraction of sp³-hybridized carbons (Fsp3) is 0.619. The van der Waals surface area contributed by atoms with E-state index >= 15 is 0 Å². The normalized spacial score (nSPS) is 23.3. The lowest BCUT2D eigenvalue weighted by atomic mass is 9.86. The summed E-state index contributed by atoms with van der Waals surface area (Å²) in [4.78, 5) is 16.7. The maximum Gasteiger partial charge on any atom is 0.410 e. The number of hydrogen-bond acceptors (Lipinski definition) is 5. The summed E-state index contributed by atoms with van der Waals surface area (Å²) in [7, 11) is 1.60. The second-order valence-electron chi connectivity index (χ2n) is 8.42. The molecule has 1 aromatic rings. The number of nitriles is 1. The van der Waals surface area contributed by atoms with Crippen LogP contribution in [0.4, 0.5) is 4.79 Å². The van der Waals surface area contributed by atoms with Gasteiger partial charge in [0.15, 0.2) is 0 Å². The second kappa shape index (κ2) is 7.77. The van der Waals surface area contributed by atoms with Crippen LogP contribution in [0.15, 0.2) is 18.2 Å². The van der Waals surface area contributed by atoms with Crippen molar-refractivity contribution in [2.75, 3.05) is 33.3 Å². The number of rotatable bonds is 2. The standard InChI is InChI=1S/C21H29N3O3/c1-21(2,3)27-20(25)24-10-9-23-13-17(7-8-18(23)14-24)15-5-6-16(12-22)19(11-15)26-4/h5-6,11,17-18H,7-10,13-14H2,1-4H3/t17-,18-/m0/s1. The van der Waals surface area contributed by atoms with Crippen LogP contribution in [0, 0.1) is 11.3 Å². The van der Waals surface area contributed by atoms with E-state index in [0.29, 0.717) is 29.8 Å². The molecule has 2 fully saturated rings. The molecule has 0 N–H and O–H groups in total. The molecule has 0 aliphatic carbocycles. The molecule has 2 aliphatic heterocycles. The first kappa shape index (κ1) is 19.5. The lowest BCUT2D eigenvalue weighted by molar-refractivity contribution is -0.00447. The van der Waals surface area contributed by atoms with E-state index in [1.165, 1.54) is 5.56 Å². The van der Waals surface area contributed by atoms with Crippen LogP contribution in [0.5, 0.6) is 5.75 Å². The third kappa shape index (κ3) is 4.54. The maximum atomic E-state index is 12.3. The largest absolute Gasteiger partial charge is 0.495 e. The van der Waals surface area contributed by atoms with Gasteiger partial charge in [-0.15, -0.1) is 0 Å². The summed E-state index contributed by atoms with van der Waals surface area (Å²) in [5.74, 6) is 1.07. The van der Waals surface area contributed by atoms with Gasteiger partial charge in [0.1, 0.15) is 17.4 Å². The summed E-state index contributed by atoms with van der Waals surface area (Å²) in [5, 5.41) is 9.16. The number of nitrogens with zero attached hydrogens (tertiary/aromatic N) is 3. The monoisotopic (exact) mass is 371 g/mol. The molecule has 2 atom stereocenters. The van der Waals surface area contributed by atoms with Crippen LogP contribution in [0.2, 0.25) is 0 Å². The molecule has 0 aromatic heterocycles. The Morgan fingerprint density at radius 3 is 2.67 bits per heavy atom. The molecule has 1 aromatic carbocycles. The number of methoxy groups -OCH3 is 1. The number of benzene rings is 1. The Morgan fingerprint density at radius 1 is 1.22 bits per heavy atom. The highest BCUT2D eigenvalue weighted by Gasteiger charge is 2.36. The third-order valence-corrected chi connectivity index (χ3v) is 5.38. The number of carbonyl (C=O) groups excluding carboxylic acids is 1.